The first-order valence-electron chi connectivity index (χ1n) is 8.77. The first-order valence-corrected chi connectivity index (χ1v) is 8.77. The van der Waals surface area contributed by atoms with E-state index in [0.29, 0.717) is 0 Å². The van der Waals surface area contributed by atoms with Crippen LogP contribution >= 0.6 is 0 Å². The number of nitrogens with zero attached hydrogens (tertiary/aromatic N) is 1. The number of benzene rings is 2. The minimum Gasteiger partial charge on any atom is -0.388 e. The summed E-state index contributed by atoms with van der Waals surface area (Å²) in [6.07, 6.45) is 7.75. The molecule has 124 valence electrons. The number of hydrogen-bond acceptors (Lipinski definition) is 2. The molecule has 2 aromatic carbocycles. The van der Waals surface area contributed by atoms with Crippen LogP contribution in [0, 0.1) is 13.8 Å². The van der Waals surface area contributed by atoms with Crippen molar-refractivity contribution in [2.75, 3.05) is 12.4 Å². The summed E-state index contributed by atoms with van der Waals surface area (Å²) in [5.41, 5.74) is 7.66. The van der Waals surface area contributed by atoms with E-state index in [1.807, 2.05) is 7.05 Å². The Balaban J connectivity index is 2.16. The van der Waals surface area contributed by atoms with Crippen LogP contribution in [-0.2, 0) is 0 Å². The number of hydrogen-bond donors (Lipinski definition) is 1. The van der Waals surface area contributed by atoms with Gasteiger partial charge in [-0.3, -0.25) is 4.99 Å². The van der Waals surface area contributed by atoms with Crippen LogP contribution in [0.2, 0.25) is 0 Å². The van der Waals surface area contributed by atoms with Crippen LogP contribution in [0.15, 0.2) is 59.2 Å². The lowest BCUT2D eigenvalue weighted by Gasteiger charge is -2.22. The van der Waals surface area contributed by atoms with Crippen LogP contribution in [0.4, 0.5) is 5.69 Å². The molecular weight excluding hydrogens is 292 g/mol. The fourth-order valence-corrected chi connectivity index (χ4v) is 3.34. The molecule has 0 radical (unpaired) electrons. The minimum atomic E-state index is 0.188. The van der Waals surface area contributed by atoms with E-state index >= 15 is 0 Å². The Labute approximate surface area is 145 Å². The van der Waals surface area contributed by atoms with Gasteiger partial charge in [0.15, 0.2) is 0 Å². The molecule has 1 unspecified atom stereocenters. The molecule has 0 saturated carbocycles. The molecule has 1 aliphatic rings. The molecule has 0 amide bonds. The van der Waals surface area contributed by atoms with E-state index in [4.69, 9.17) is 4.99 Å². The summed E-state index contributed by atoms with van der Waals surface area (Å²) in [5.74, 6) is 0.188. The molecule has 0 saturated heterocycles. The van der Waals surface area contributed by atoms with E-state index in [0.717, 1.165) is 18.5 Å². The van der Waals surface area contributed by atoms with Crippen LogP contribution < -0.4 is 5.32 Å². The van der Waals surface area contributed by atoms with E-state index in [1.54, 1.807) is 0 Å². The van der Waals surface area contributed by atoms with Crippen molar-refractivity contribution in [3.8, 4) is 0 Å². The van der Waals surface area contributed by atoms with Gasteiger partial charge in [-0.05, 0) is 67.5 Å². The van der Waals surface area contributed by atoms with Crippen molar-refractivity contribution in [2.24, 2.45) is 4.99 Å². The highest BCUT2D eigenvalue weighted by Crippen LogP contribution is 2.37. The molecule has 24 heavy (non-hydrogen) atoms. The predicted octanol–water partition coefficient (Wildman–Crippen LogP) is 5.62. The largest absolute Gasteiger partial charge is 0.388 e. The lowest BCUT2D eigenvalue weighted by Crippen LogP contribution is -2.07. The highest BCUT2D eigenvalue weighted by Gasteiger charge is 2.22. The van der Waals surface area contributed by atoms with E-state index < -0.39 is 0 Å². The second kappa shape index (κ2) is 7.48. The van der Waals surface area contributed by atoms with Gasteiger partial charge < -0.3 is 5.32 Å². The van der Waals surface area contributed by atoms with E-state index in [2.05, 4.69) is 73.9 Å². The van der Waals surface area contributed by atoms with Crippen LogP contribution in [0.3, 0.4) is 0 Å². The quantitative estimate of drug-likeness (QED) is 0.778. The number of aliphatic imine (C=N–C) groups is 1. The summed E-state index contributed by atoms with van der Waals surface area (Å²) < 4.78 is 0. The maximum absolute atomic E-state index is 4.82. The fraction of sp³-hybridized carbons (Fsp3) is 0.318. The maximum Gasteiger partial charge on any atom is 0.0513 e. The van der Waals surface area contributed by atoms with Crippen molar-refractivity contribution < 1.29 is 0 Å². The van der Waals surface area contributed by atoms with Gasteiger partial charge in [0.25, 0.3) is 0 Å². The number of rotatable bonds is 4. The molecule has 1 N–H and O–H groups in total. The number of nitrogens with one attached hydrogen (secondary N) is 1. The van der Waals surface area contributed by atoms with Gasteiger partial charge in [0.1, 0.15) is 0 Å². The first kappa shape index (κ1) is 16.5. The Hall–Kier alpha value is -2.35. The molecule has 0 fully saturated rings. The number of allylic oxidation sites excluding steroid dienone is 2. The lowest BCUT2D eigenvalue weighted by molar-refractivity contribution is 0.880. The molecule has 2 aromatic rings. The number of anilines is 1. The zero-order valence-corrected chi connectivity index (χ0v) is 14.8. The Bertz CT molecular complexity index is 771. The third-order valence-electron chi connectivity index (χ3n) is 4.89. The van der Waals surface area contributed by atoms with Gasteiger partial charge in [0.2, 0.25) is 0 Å². The second-order valence-electron chi connectivity index (χ2n) is 6.47. The molecule has 1 atom stereocenters. The van der Waals surface area contributed by atoms with E-state index in [1.165, 1.54) is 34.4 Å². The smallest absolute Gasteiger partial charge is 0.0513 e. The Morgan fingerprint density at radius 3 is 2.71 bits per heavy atom. The van der Waals surface area contributed by atoms with Crippen LogP contribution in [0.5, 0.6) is 0 Å². The van der Waals surface area contributed by atoms with Gasteiger partial charge in [-0.1, -0.05) is 36.4 Å². The summed E-state index contributed by atoms with van der Waals surface area (Å²) >= 11 is 0. The molecule has 2 nitrogen and oxygen atoms in total. The van der Waals surface area contributed by atoms with Gasteiger partial charge in [-0.2, -0.15) is 0 Å². The van der Waals surface area contributed by atoms with Gasteiger partial charge in [-0.15, -0.1) is 0 Å². The van der Waals surface area contributed by atoms with Crippen molar-refractivity contribution in [2.45, 2.75) is 39.0 Å². The first-order chi connectivity index (χ1) is 11.7. The lowest BCUT2D eigenvalue weighted by atomic mass is 9.84. The standard InChI is InChI=1S/C22H26N2/c1-16-9-7-12-20(17(16)2)22(21-13-5-4-6-14-24-21)18-10-8-11-19(15-18)23-3/h7-15,22-23H,4-6H2,1-3H3. The number of aryl methyl sites for hydroxylation is 1. The van der Waals surface area contributed by atoms with Gasteiger partial charge in [-0.25, -0.2) is 0 Å². The van der Waals surface area contributed by atoms with Gasteiger partial charge >= 0.3 is 0 Å². The highest BCUT2D eigenvalue weighted by atomic mass is 14.8. The predicted molar refractivity (Wildman–Crippen MR) is 104 cm³/mol. The molecule has 3 rings (SSSR count). The third kappa shape index (κ3) is 3.43. The normalized spacial score (nSPS) is 15.5. The maximum atomic E-state index is 4.82. The average Bonchev–Trinajstić information content (AvgIpc) is 2.88. The molecule has 0 aromatic heterocycles. The van der Waals surface area contributed by atoms with E-state index in [9.17, 15) is 0 Å². The van der Waals surface area contributed by atoms with E-state index in [-0.39, 0.29) is 5.92 Å². The van der Waals surface area contributed by atoms with Crippen molar-refractivity contribution in [3.05, 3.63) is 76.5 Å². The highest BCUT2D eigenvalue weighted by molar-refractivity contribution is 5.61. The van der Waals surface area contributed by atoms with Crippen LogP contribution in [-0.4, -0.2) is 13.3 Å². The second-order valence-corrected chi connectivity index (χ2v) is 6.47. The Morgan fingerprint density at radius 1 is 1.04 bits per heavy atom. The molecule has 1 aliphatic heterocycles. The Morgan fingerprint density at radius 2 is 1.88 bits per heavy atom. The summed E-state index contributed by atoms with van der Waals surface area (Å²) in [4.78, 5) is 4.82. The molecule has 2 heteroatoms. The SMILES string of the molecule is CNc1cccc(C(C2=CCCCC=N2)c2cccc(C)c2C)c1. The van der Waals surface area contributed by atoms with Gasteiger partial charge in [0, 0.05) is 24.6 Å². The molecule has 1 heterocycles. The molecular formula is C22H26N2. The minimum absolute atomic E-state index is 0.188. The zero-order valence-electron chi connectivity index (χ0n) is 14.8. The van der Waals surface area contributed by atoms with Crippen molar-refractivity contribution in [3.63, 3.8) is 0 Å². The summed E-state index contributed by atoms with van der Waals surface area (Å²) in [7, 11) is 1.97. The third-order valence-corrected chi connectivity index (χ3v) is 4.89. The summed E-state index contributed by atoms with van der Waals surface area (Å²) in [5, 5.41) is 3.26. The molecule has 0 bridgehead atoms. The Kier molecular flexibility index (Phi) is 5.14. The van der Waals surface area contributed by atoms with Crippen molar-refractivity contribution in [1.29, 1.82) is 0 Å². The molecule has 0 aliphatic carbocycles. The van der Waals surface area contributed by atoms with Crippen molar-refractivity contribution in [1.82, 2.24) is 0 Å². The summed E-state index contributed by atoms with van der Waals surface area (Å²) in [6, 6.07) is 15.3. The average molecular weight is 318 g/mol. The fourth-order valence-electron chi connectivity index (χ4n) is 3.34. The monoisotopic (exact) mass is 318 g/mol. The summed E-state index contributed by atoms with van der Waals surface area (Å²) in [6.45, 7) is 4.41. The topological polar surface area (TPSA) is 24.4 Å². The van der Waals surface area contributed by atoms with Crippen LogP contribution in [0.1, 0.15) is 47.4 Å². The zero-order chi connectivity index (χ0) is 16.9. The molecule has 0 spiro atoms. The van der Waals surface area contributed by atoms with Crippen LogP contribution in [0.25, 0.3) is 0 Å². The van der Waals surface area contributed by atoms with Gasteiger partial charge in [0.05, 0.1) is 5.92 Å². The van der Waals surface area contributed by atoms with Crippen molar-refractivity contribution >= 4 is 11.9 Å².